The van der Waals surface area contributed by atoms with Crippen LogP contribution in [0, 0.1) is 0 Å². The molecule has 3 heteroatoms. The summed E-state index contributed by atoms with van der Waals surface area (Å²) in [6.07, 6.45) is 2.28. The Morgan fingerprint density at radius 1 is 1.32 bits per heavy atom. The first-order valence-corrected chi connectivity index (χ1v) is 6.62. The molecule has 0 saturated heterocycles. The molecule has 3 nitrogen and oxygen atoms in total. The van der Waals surface area contributed by atoms with E-state index in [1.54, 1.807) is 6.08 Å². The molecular formula is C16H23NO2. The Kier molecular flexibility index (Phi) is 5.16. The van der Waals surface area contributed by atoms with Crippen molar-refractivity contribution in [2.24, 2.45) is 0 Å². The van der Waals surface area contributed by atoms with Crippen molar-refractivity contribution in [3.05, 3.63) is 41.5 Å². The van der Waals surface area contributed by atoms with Gasteiger partial charge in [0.1, 0.15) is 0 Å². The number of rotatable bonds is 5. The summed E-state index contributed by atoms with van der Waals surface area (Å²) in [6, 6.07) is 8.14. The number of benzene rings is 1. The van der Waals surface area contributed by atoms with Crippen LogP contribution in [0.25, 0.3) is 0 Å². The van der Waals surface area contributed by atoms with Crippen molar-refractivity contribution < 1.29 is 9.90 Å². The van der Waals surface area contributed by atoms with E-state index in [1.165, 1.54) is 5.56 Å². The molecule has 0 heterocycles. The summed E-state index contributed by atoms with van der Waals surface area (Å²) in [4.78, 5) is 10.9. The van der Waals surface area contributed by atoms with Gasteiger partial charge in [-0.15, -0.1) is 0 Å². The quantitative estimate of drug-likeness (QED) is 0.792. The molecule has 0 bridgehead atoms. The second-order valence-electron chi connectivity index (χ2n) is 5.56. The zero-order valence-corrected chi connectivity index (χ0v) is 12.2. The summed E-state index contributed by atoms with van der Waals surface area (Å²) in [5.74, 6) is -0.839. The van der Waals surface area contributed by atoms with Crippen molar-refractivity contribution in [3.63, 3.8) is 0 Å². The molecule has 0 unspecified atom stereocenters. The van der Waals surface area contributed by atoms with Gasteiger partial charge in [-0.05, 0) is 23.5 Å². The molecular weight excluding hydrogens is 238 g/mol. The van der Waals surface area contributed by atoms with E-state index in [4.69, 9.17) is 5.11 Å². The Morgan fingerprint density at radius 3 is 2.47 bits per heavy atom. The highest BCUT2D eigenvalue weighted by atomic mass is 16.4. The number of carbonyl (C=O) groups is 1. The molecule has 2 N–H and O–H groups in total. The summed E-state index contributed by atoms with van der Waals surface area (Å²) >= 11 is 0. The topological polar surface area (TPSA) is 49.3 Å². The van der Waals surface area contributed by atoms with Gasteiger partial charge in [0.15, 0.2) is 0 Å². The molecule has 0 radical (unpaired) electrons. The van der Waals surface area contributed by atoms with Crippen LogP contribution in [-0.4, -0.2) is 17.6 Å². The minimum atomic E-state index is -0.839. The molecule has 0 atom stereocenters. The van der Waals surface area contributed by atoms with Gasteiger partial charge >= 0.3 is 5.97 Å². The van der Waals surface area contributed by atoms with Gasteiger partial charge in [0.2, 0.25) is 0 Å². The Labute approximate surface area is 115 Å². The number of para-hydroxylation sites is 1. The third-order valence-corrected chi connectivity index (χ3v) is 3.03. The van der Waals surface area contributed by atoms with Gasteiger partial charge in [0, 0.05) is 17.8 Å². The monoisotopic (exact) mass is 261 g/mol. The van der Waals surface area contributed by atoms with Crippen LogP contribution in [0.3, 0.4) is 0 Å². The average Bonchev–Trinajstić information content (AvgIpc) is 2.33. The molecule has 1 aromatic rings. The lowest BCUT2D eigenvalue weighted by Crippen LogP contribution is -2.15. The number of hydrogen-bond donors (Lipinski definition) is 2. The first kappa shape index (κ1) is 15.3. The van der Waals surface area contributed by atoms with Gasteiger partial charge in [-0.3, -0.25) is 0 Å². The predicted octanol–water partition coefficient (Wildman–Crippen LogP) is 3.82. The van der Waals surface area contributed by atoms with Crippen molar-refractivity contribution in [1.29, 1.82) is 0 Å². The largest absolute Gasteiger partial charge is 0.478 e. The lowest BCUT2D eigenvalue weighted by Gasteiger charge is -2.23. The summed E-state index contributed by atoms with van der Waals surface area (Å²) in [5.41, 5.74) is 2.80. The van der Waals surface area contributed by atoms with E-state index in [2.05, 4.69) is 32.2 Å². The molecule has 0 aromatic heterocycles. The lowest BCUT2D eigenvalue weighted by molar-refractivity contribution is -0.132. The van der Waals surface area contributed by atoms with Gasteiger partial charge in [-0.2, -0.15) is 0 Å². The third-order valence-electron chi connectivity index (χ3n) is 3.03. The zero-order valence-electron chi connectivity index (χ0n) is 12.2. The van der Waals surface area contributed by atoms with Crippen LogP contribution in [0.5, 0.6) is 0 Å². The molecule has 19 heavy (non-hydrogen) atoms. The van der Waals surface area contributed by atoms with Crippen LogP contribution in [0.15, 0.2) is 35.9 Å². The molecule has 0 fully saturated rings. The fraction of sp³-hybridized carbons (Fsp3) is 0.438. The van der Waals surface area contributed by atoms with E-state index in [0.29, 0.717) is 18.5 Å². The van der Waals surface area contributed by atoms with Crippen LogP contribution >= 0.6 is 0 Å². The number of aliphatic carboxylic acids is 1. The number of carboxylic acids is 1. The summed E-state index contributed by atoms with van der Waals surface area (Å²) in [7, 11) is 0. The van der Waals surface area contributed by atoms with Crippen molar-refractivity contribution in [1.82, 2.24) is 0 Å². The Morgan fingerprint density at radius 2 is 1.95 bits per heavy atom. The molecule has 0 aliphatic heterocycles. The molecule has 0 spiro atoms. The second-order valence-corrected chi connectivity index (χ2v) is 5.56. The molecule has 104 valence electrons. The van der Waals surface area contributed by atoms with Gasteiger partial charge < -0.3 is 10.4 Å². The SMILES string of the molecule is CC/C(=C/CNc1ccccc1C(C)(C)C)C(=O)O. The van der Waals surface area contributed by atoms with Gasteiger partial charge in [0.05, 0.1) is 0 Å². The molecule has 0 amide bonds. The summed E-state index contributed by atoms with van der Waals surface area (Å²) < 4.78 is 0. The minimum Gasteiger partial charge on any atom is -0.478 e. The van der Waals surface area contributed by atoms with Gasteiger partial charge in [0.25, 0.3) is 0 Å². The maximum Gasteiger partial charge on any atom is 0.331 e. The highest BCUT2D eigenvalue weighted by molar-refractivity contribution is 5.86. The van der Waals surface area contributed by atoms with Crippen LogP contribution in [0.2, 0.25) is 0 Å². The maximum atomic E-state index is 10.9. The minimum absolute atomic E-state index is 0.0632. The molecule has 1 aromatic carbocycles. The Balaban J connectivity index is 2.82. The number of anilines is 1. The molecule has 0 saturated carbocycles. The van der Waals surface area contributed by atoms with Crippen molar-refractivity contribution in [3.8, 4) is 0 Å². The molecule has 0 aliphatic carbocycles. The highest BCUT2D eigenvalue weighted by Crippen LogP contribution is 2.29. The van der Waals surface area contributed by atoms with E-state index in [0.717, 1.165) is 5.69 Å². The molecule has 0 aliphatic rings. The fourth-order valence-corrected chi connectivity index (χ4v) is 1.96. The Bertz CT molecular complexity index is 470. The maximum absolute atomic E-state index is 10.9. The van der Waals surface area contributed by atoms with Crippen LogP contribution < -0.4 is 5.32 Å². The zero-order chi connectivity index (χ0) is 14.5. The number of carboxylic acid groups (broad SMARTS) is 1. The standard InChI is InChI=1S/C16H23NO2/c1-5-12(15(18)19)10-11-17-14-9-7-6-8-13(14)16(2,3)4/h6-10,17H,5,11H2,1-4H3,(H,18,19)/b12-10-. The number of hydrogen-bond acceptors (Lipinski definition) is 2. The first-order chi connectivity index (χ1) is 8.86. The van der Waals surface area contributed by atoms with E-state index >= 15 is 0 Å². The predicted molar refractivity (Wildman–Crippen MR) is 79.6 cm³/mol. The van der Waals surface area contributed by atoms with Gasteiger partial charge in [-0.25, -0.2) is 4.79 Å². The first-order valence-electron chi connectivity index (χ1n) is 6.62. The van der Waals surface area contributed by atoms with Gasteiger partial charge in [-0.1, -0.05) is 52.0 Å². The molecule has 1 rings (SSSR count). The van der Waals surface area contributed by atoms with Crippen LogP contribution in [0.1, 0.15) is 39.7 Å². The summed E-state index contributed by atoms with van der Waals surface area (Å²) in [6.45, 7) is 8.87. The van der Waals surface area contributed by atoms with E-state index in [9.17, 15) is 4.79 Å². The highest BCUT2D eigenvalue weighted by Gasteiger charge is 2.16. The van der Waals surface area contributed by atoms with E-state index in [1.807, 2.05) is 25.1 Å². The van der Waals surface area contributed by atoms with Crippen LogP contribution in [0.4, 0.5) is 5.69 Å². The van der Waals surface area contributed by atoms with Crippen molar-refractivity contribution in [2.75, 3.05) is 11.9 Å². The second kappa shape index (κ2) is 6.41. The van der Waals surface area contributed by atoms with Crippen molar-refractivity contribution >= 4 is 11.7 Å². The third kappa shape index (κ3) is 4.43. The average molecular weight is 261 g/mol. The number of nitrogens with one attached hydrogen (secondary N) is 1. The van der Waals surface area contributed by atoms with Crippen molar-refractivity contribution in [2.45, 2.75) is 39.5 Å². The lowest BCUT2D eigenvalue weighted by atomic mass is 9.86. The van der Waals surface area contributed by atoms with E-state index in [-0.39, 0.29) is 5.41 Å². The summed E-state index contributed by atoms with van der Waals surface area (Å²) in [5, 5.41) is 12.3. The fourth-order valence-electron chi connectivity index (χ4n) is 1.96. The Hall–Kier alpha value is -1.77. The van der Waals surface area contributed by atoms with Crippen LogP contribution in [-0.2, 0) is 10.2 Å². The normalized spacial score (nSPS) is 12.3. The smallest absolute Gasteiger partial charge is 0.331 e. The van der Waals surface area contributed by atoms with E-state index < -0.39 is 5.97 Å².